The third-order valence-electron chi connectivity index (χ3n) is 3.20. The summed E-state index contributed by atoms with van der Waals surface area (Å²) in [5, 5.41) is 8.50. The Morgan fingerprint density at radius 2 is 2.19 bits per heavy atom. The lowest BCUT2D eigenvalue weighted by Crippen LogP contribution is -2.32. The van der Waals surface area contributed by atoms with Gasteiger partial charge in [-0.1, -0.05) is 30.9 Å². The fourth-order valence-corrected chi connectivity index (χ4v) is 2.47. The van der Waals surface area contributed by atoms with Crippen molar-refractivity contribution in [1.29, 1.82) is 0 Å². The first-order valence-electron chi connectivity index (χ1n) is 6.26. The zero-order valence-corrected chi connectivity index (χ0v) is 10.4. The summed E-state index contributed by atoms with van der Waals surface area (Å²) in [6.07, 6.45) is 11.6. The minimum absolute atomic E-state index is 0.722. The van der Waals surface area contributed by atoms with E-state index in [2.05, 4.69) is 10.4 Å². The predicted molar refractivity (Wildman–Crippen MR) is 66.7 cm³/mol. The Bertz CT molecular complexity index is 305. The summed E-state index contributed by atoms with van der Waals surface area (Å²) < 4.78 is 1.91. The first-order chi connectivity index (χ1) is 7.84. The van der Waals surface area contributed by atoms with Crippen molar-refractivity contribution in [1.82, 2.24) is 15.1 Å². The van der Waals surface area contributed by atoms with Crippen molar-refractivity contribution in [2.24, 2.45) is 0 Å². The second-order valence-electron chi connectivity index (χ2n) is 4.56. The molecule has 0 aromatic carbocycles. The predicted octanol–water partition coefficient (Wildman–Crippen LogP) is 2.85. The molecule has 0 amide bonds. The number of hydrogen-bond acceptors (Lipinski definition) is 2. The number of rotatable bonds is 5. The van der Waals surface area contributed by atoms with Crippen LogP contribution in [0.2, 0.25) is 5.02 Å². The highest BCUT2D eigenvalue weighted by Crippen LogP contribution is 2.17. The second-order valence-corrected chi connectivity index (χ2v) is 5.00. The van der Waals surface area contributed by atoms with E-state index in [4.69, 9.17) is 11.6 Å². The van der Waals surface area contributed by atoms with Crippen molar-refractivity contribution in [2.75, 3.05) is 6.54 Å². The standard InChI is InChI=1S/C12H20ClN3/c13-11-9-15-16(10-11)8-4-7-14-12-5-2-1-3-6-12/h9-10,12,14H,1-8H2. The molecule has 0 radical (unpaired) electrons. The van der Waals surface area contributed by atoms with E-state index < -0.39 is 0 Å². The topological polar surface area (TPSA) is 29.9 Å². The van der Waals surface area contributed by atoms with Crippen LogP contribution in [0.15, 0.2) is 12.4 Å². The van der Waals surface area contributed by atoms with Crippen molar-refractivity contribution in [3.05, 3.63) is 17.4 Å². The van der Waals surface area contributed by atoms with Crippen LogP contribution in [0.3, 0.4) is 0 Å². The lowest BCUT2D eigenvalue weighted by Gasteiger charge is -2.22. The molecule has 1 N–H and O–H groups in total. The summed E-state index contributed by atoms with van der Waals surface area (Å²) in [5.41, 5.74) is 0. The van der Waals surface area contributed by atoms with Gasteiger partial charge in [0.1, 0.15) is 0 Å². The monoisotopic (exact) mass is 241 g/mol. The molecule has 1 aromatic rings. The van der Waals surface area contributed by atoms with E-state index in [1.54, 1.807) is 6.20 Å². The molecule has 0 atom stereocenters. The van der Waals surface area contributed by atoms with Crippen LogP contribution in [0.5, 0.6) is 0 Å². The van der Waals surface area contributed by atoms with E-state index in [0.29, 0.717) is 0 Å². The van der Waals surface area contributed by atoms with Crippen molar-refractivity contribution in [2.45, 2.75) is 51.1 Å². The van der Waals surface area contributed by atoms with E-state index in [-0.39, 0.29) is 0 Å². The molecule has 0 aliphatic heterocycles. The Morgan fingerprint density at radius 3 is 2.88 bits per heavy atom. The van der Waals surface area contributed by atoms with Crippen LogP contribution in [0.25, 0.3) is 0 Å². The molecular weight excluding hydrogens is 222 g/mol. The smallest absolute Gasteiger partial charge is 0.0785 e. The molecule has 3 nitrogen and oxygen atoms in total. The molecule has 0 unspecified atom stereocenters. The highest BCUT2D eigenvalue weighted by Gasteiger charge is 2.11. The van der Waals surface area contributed by atoms with Crippen LogP contribution in [-0.4, -0.2) is 22.4 Å². The zero-order chi connectivity index (χ0) is 11.2. The highest BCUT2D eigenvalue weighted by molar-refractivity contribution is 6.30. The lowest BCUT2D eigenvalue weighted by atomic mass is 9.95. The minimum Gasteiger partial charge on any atom is -0.314 e. The fraction of sp³-hybridized carbons (Fsp3) is 0.750. The maximum absolute atomic E-state index is 5.80. The molecule has 1 aliphatic rings. The first-order valence-corrected chi connectivity index (χ1v) is 6.64. The fourth-order valence-electron chi connectivity index (χ4n) is 2.31. The summed E-state index contributed by atoms with van der Waals surface area (Å²) in [6.45, 7) is 2.04. The van der Waals surface area contributed by atoms with Crippen LogP contribution >= 0.6 is 11.6 Å². The average molecular weight is 242 g/mol. The Labute approximate surface area is 102 Å². The normalized spacial score (nSPS) is 17.8. The highest BCUT2D eigenvalue weighted by atomic mass is 35.5. The third-order valence-corrected chi connectivity index (χ3v) is 3.40. The van der Waals surface area contributed by atoms with E-state index in [1.165, 1.54) is 32.1 Å². The number of nitrogens with one attached hydrogen (secondary N) is 1. The van der Waals surface area contributed by atoms with Gasteiger partial charge in [0.2, 0.25) is 0 Å². The van der Waals surface area contributed by atoms with E-state index in [1.807, 2.05) is 10.9 Å². The van der Waals surface area contributed by atoms with Crippen molar-refractivity contribution in [3.63, 3.8) is 0 Å². The van der Waals surface area contributed by atoms with Crippen molar-refractivity contribution < 1.29 is 0 Å². The van der Waals surface area contributed by atoms with Gasteiger partial charge in [0, 0.05) is 18.8 Å². The molecule has 16 heavy (non-hydrogen) atoms. The number of aromatic nitrogens is 2. The van der Waals surface area contributed by atoms with Gasteiger partial charge in [-0.25, -0.2) is 0 Å². The number of aryl methyl sites for hydroxylation is 1. The summed E-state index contributed by atoms with van der Waals surface area (Å²) in [4.78, 5) is 0. The van der Waals surface area contributed by atoms with E-state index in [9.17, 15) is 0 Å². The van der Waals surface area contributed by atoms with Crippen LogP contribution < -0.4 is 5.32 Å². The molecule has 1 heterocycles. The van der Waals surface area contributed by atoms with Gasteiger partial charge in [0.25, 0.3) is 0 Å². The van der Waals surface area contributed by atoms with Crippen molar-refractivity contribution in [3.8, 4) is 0 Å². The molecule has 1 saturated carbocycles. The number of hydrogen-bond donors (Lipinski definition) is 1. The van der Waals surface area contributed by atoms with Gasteiger partial charge < -0.3 is 5.32 Å². The Hall–Kier alpha value is -0.540. The van der Waals surface area contributed by atoms with Gasteiger partial charge in [-0.15, -0.1) is 0 Å². The van der Waals surface area contributed by atoms with Crippen molar-refractivity contribution >= 4 is 11.6 Å². The van der Waals surface area contributed by atoms with Gasteiger partial charge in [-0.05, 0) is 25.8 Å². The molecule has 0 saturated heterocycles. The Balaban J connectivity index is 1.57. The largest absolute Gasteiger partial charge is 0.314 e. The number of halogens is 1. The lowest BCUT2D eigenvalue weighted by molar-refractivity contribution is 0.367. The summed E-state index contributed by atoms with van der Waals surface area (Å²) in [7, 11) is 0. The minimum atomic E-state index is 0.722. The Kier molecular flexibility index (Phi) is 4.67. The van der Waals surface area contributed by atoms with Crippen LogP contribution in [-0.2, 0) is 6.54 Å². The second kappa shape index (κ2) is 6.26. The van der Waals surface area contributed by atoms with Gasteiger partial charge in [0.05, 0.1) is 11.2 Å². The van der Waals surface area contributed by atoms with E-state index in [0.717, 1.165) is 30.6 Å². The number of nitrogens with zero attached hydrogens (tertiary/aromatic N) is 2. The van der Waals surface area contributed by atoms with Gasteiger partial charge in [0.15, 0.2) is 0 Å². The first kappa shape index (κ1) is 11.9. The molecule has 0 bridgehead atoms. The van der Waals surface area contributed by atoms with Crippen LogP contribution in [0.4, 0.5) is 0 Å². The molecule has 1 fully saturated rings. The molecule has 1 aliphatic carbocycles. The molecule has 4 heteroatoms. The summed E-state index contributed by atoms with van der Waals surface area (Å²) in [6, 6.07) is 0.759. The van der Waals surface area contributed by atoms with Crippen LogP contribution in [0.1, 0.15) is 38.5 Å². The van der Waals surface area contributed by atoms with Gasteiger partial charge >= 0.3 is 0 Å². The average Bonchev–Trinajstić information content (AvgIpc) is 2.72. The molecule has 90 valence electrons. The summed E-state index contributed by atoms with van der Waals surface area (Å²) in [5.74, 6) is 0. The maximum Gasteiger partial charge on any atom is 0.0785 e. The van der Waals surface area contributed by atoms with Gasteiger partial charge in [-0.3, -0.25) is 4.68 Å². The SMILES string of the molecule is Clc1cnn(CCCNC2CCCCC2)c1. The molecule has 2 rings (SSSR count). The molecular formula is C12H20ClN3. The van der Waals surface area contributed by atoms with E-state index >= 15 is 0 Å². The Morgan fingerprint density at radius 1 is 1.38 bits per heavy atom. The third kappa shape index (κ3) is 3.80. The quantitative estimate of drug-likeness (QED) is 0.804. The molecule has 1 aromatic heterocycles. The zero-order valence-electron chi connectivity index (χ0n) is 9.66. The maximum atomic E-state index is 5.80. The summed E-state index contributed by atoms with van der Waals surface area (Å²) >= 11 is 5.80. The van der Waals surface area contributed by atoms with Gasteiger partial charge in [-0.2, -0.15) is 5.10 Å². The molecule has 0 spiro atoms. The van der Waals surface area contributed by atoms with Crippen LogP contribution in [0, 0.1) is 0 Å².